The molecule has 2 aromatic rings. The average molecular weight is 362 g/mol. The number of anilines is 1. The van der Waals surface area contributed by atoms with Gasteiger partial charge in [0, 0.05) is 10.7 Å². The predicted octanol–water partition coefficient (Wildman–Crippen LogP) is 4.31. The van der Waals surface area contributed by atoms with E-state index in [-0.39, 0.29) is 18.5 Å². The highest BCUT2D eigenvalue weighted by Gasteiger charge is 2.08. The molecule has 0 saturated heterocycles. The summed E-state index contributed by atoms with van der Waals surface area (Å²) >= 11 is 5.85. The minimum Gasteiger partial charge on any atom is -0.484 e. The molecule has 0 aliphatic carbocycles. The van der Waals surface area contributed by atoms with Crippen LogP contribution in [0, 0.1) is 0 Å². The maximum atomic E-state index is 11.9. The maximum Gasteiger partial charge on any atom is 0.338 e. The van der Waals surface area contributed by atoms with Crippen LogP contribution in [0.15, 0.2) is 48.5 Å². The number of amides is 1. The molecule has 0 unspecified atom stereocenters. The summed E-state index contributed by atoms with van der Waals surface area (Å²) in [5.41, 5.74) is 1.02. The van der Waals surface area contributed by atoms with Crippen molar-refractivity contribution in [3.05, 3.63) is 59.1 Å². The zero-order valence-electron chi connectivity index (χ0n) is 14.0. The molecule has 0 aliphatic heterocycles. The van der Waals surface area contributed by atoms with Gasteiger partial charge < -0.3 is 14.8 Å². The Morgan fingerprint density at radius 3 is 2.56 bits per heavy atom. The first kappa shape index (κ1) is 18.8. The lowest BCUT2D eigenvalue weighted by Gasteiger charge is -2.08. The van der Waals surface area contributed by atoms with Gasteiger partial charge in [-0.3, -0.25) is 4.79 Å². The lowest BCUT2D eigenvalue weighted by atomic mass is 10.2. The highest BCUT2D eigenvalue weighted by atomic mass is 35.5. The fraction of sp³-hybridized carbons (Fsp3) is 0.263. The van der Waals surface area contributed by atoms with Crippen LogP contribution >= 0.6 is 11.6 Å². The minimum atomic E-state index is -0.365. The van der Waals surface area contributed by atoms with Crippen LogP contribution in [0.4, 0.5) is 5.69 Å². The Morgan fingerprint density at radius 1 is 1.12 bits per heavy atom. The monoisotopic (exact) mass is 361 g/mol. The van der Waals surface area contributed by atoms with E-state index in [9.17, 15) is 9.59 Å². The summed E-state index contributed by atoms with van der Waals surface area (Å²) in [6.07, 6.45) is 1.81. The zero-order chi connectivity index (χ0) is 18.1. The zero-order valence-corrected chi connectivity index (χ0v) is 14.7. The van der Waals surface area contributed by atoms with Gasteiger partial charge in [0.25, 0.3) is 5.91 Å². The second-order valence-electron chi connectivity index (χ2n) is 5.36. The normalized spacial score (nSPS) is 10.2. The molecule has 2 aromatic carbocycles. The Morgan fingerprint density at radius 2 is 1.88 bits per heavy atom. The van der Waals surface area contributed by atoms with Crippen LogP contribution in [0.1, 0.15) is 30.1 Å². The number of nitrogens with one attached hydrogen (secondary N) is 1. The topological polar surface area (TPSA) is 64.6 Å². The maximum absolute atomic E-state index is 11.9. The van der Waals surface area contributed by atoms with Crippen LogP contribution < -0.4 is 10.1 Å². The van der Waals surface area contributed by atoms with Crippen molar-refractivity contribution in [2.24, 2.45) is 0 Å². The van der Waals surface area contributed by atoms with Gasteiger partial charge in [-0.25, -0.2) is 4.79 Å². The molecule has 0 atom stereocenters. The van der Waals surface area contributed by atoms with Gasteiger partial charge in [0.05, 0.1) is 12.2 Å². The average Bonchev–Trinajstić information content (AvgIpc) is 2.61. The molecule has 0 heterocycles. The minimum absolute atomic E-state index is 0.138. The highest BCUT2D eigenvalue weighted by Crippen LogP contribution is 2.17. The first-order valence-corrected chi connectivity index (χ1v) is 8.41. The Bertz CT molecular complexity index is 716. The van der Waals surface area contributed by atoms with Crippen molar-refractivity contribution in [1.29, 1.82) is 0 Å². The molecule has 6 heteroatoms. The number of hydrogen-bond acceptors (Lipinski definition) is 4. The van der Waals surface area contributed by atoms with Crippen LogP contribution in [0.5, 0.6) is 5.75 Å². The molecule has 132 valence electrons. The van der Waals surface area contributed by atoms with Gasteiger partial charge in [-0.2, -0.15) is 0 Å². The molecule has 25 heavy (non-hydrogen) atoms. The van der Waals surface area contributed by atoms with Crippen LogP contribution in [0.2, 0.25) is 5.02 Å². The third kappa shape index (κ3) is 6.47. The molecular formula is C19H20ClNO4. The van der Waals surface area contributed by atoms with Crippen molar-refractivity contribution in [1.82, 2.24) is 0 Å². The summed E-state index contributed by atoms with van der Waals surface area (Å²) < 4.78 is 10.5. The van der Waals surface area contributed by atoms with Gasteiger partial charge >= 0.3 is 5.97 Å². The van der Waals surface area contributed by atoms with Crippen molar-refractivity contribution >= 4 is 29.2 Å². The summed E-state index contributed by atoms with van der Waals surface area (Å²) in [6, 6.07) is 13.3. The Labute approximate surface area is 151 Å². The standard InChI is InChI=1S/C19H20ClNO4/c1-2-3-11-24-19(23)14-7-9-16(10-8-14)21-18(22)13-25-17-6-4-5-15(20)12-17/h4-10,12H,2-3,11,13H2,1H3,(H,21,22). The van der Waals surface area contributed by atoms with E-state index >= 15 is 0 Å². The van der Waals surface area contributed by atoms with E-state index in [1.807, 2.05) is 6.92 Å². The van der Waals surface area contributed by atoms with E-state index in [0.717, 1.165) is 12.8 Å². The second kappa shape index (κ2) is 9.69. The van der Waals surface area contributed by atoms with Gasteiger partial charge in [0.1, 0.15) is 5.75 Å². The quantitative estimate of drug-likeness (QED) is 0.562. The van der Waals surface area contributed by atoms with Crippen LogP contribution in [-0.4, -0.2) is 25.1 Å². The first-order valence-electron chi connectivity index (χ1n) is 8.04. The number of hydrogen-bond donors (Lipinski definition) is 1. The van der Waals surface area contributed by atoms with Crippen molar-refractivity contribution in [3.63, 3.8) is 0 Å². The summed E-state index contributed by atoms with van der Waals surface area (Å²) in [7, 11) is 0. The molecule has 0 aliphatic rings. The molecule has 1 amide bonds. The van der Waals surface area contributed by atoms with E-state index in [0.29, 0.717) is 28.6 Å². The second-order valence-corrected chi connectivity index (χ2v) is 5.80. The van der Waals surface area contributed by atoms with Crippen molar-refractivity contribution < 1.29 is 19.1 Å². The molecule has 0 saturated carbocycles. The third-order valence-electron chi connectivity index (χ3n) is 3.30. The van der Waals surface area contributed by atoms with Gasteiger partial charge in [-0.05, 0) is 48.9 Å². The van der Waals surface area contributed by atoms with Crippen molar-refractivity contribution in [2.75, 3.05) is 18.5 Å². The first-order chi connectivity index (χ1) is 12.1. The van der Waals surface area contributed by atoms with Gasteiger partial charge in [0.15, 0.2) is 6.61 Å². The summed E-state index contributed by atoms with van der Waals surface area (Å²) in [6.45, 7) is 2.30. The van der Waals surface area contributed by atoms with Crippen LogP contribution in [0.3, 0.4) is 0 Å². The number of ether oxygens (including phenoxy) is 2. The van der Waals surface area contributed by atoms with Gasteiger partial charge in [-0.1, -0.05) is 31.0 Å². The molecule has 1 N–H and O–H groups in total. The Hall–Kier alpha value is -2.53. The smallest absolute Gasteiger partial charge is 0.338 e. The van der Waals surface area contributed by atoms with Crippen molar-refractivity contribution in [2.45, 2.75) is 19.8 Å². The summed E-state index contributed by atoms with van der Waals surface area (Å²) in [5.74, 6) is -0.151. The van der Waals surface area contributed by atoms with E-state index in [4.69, 9.17) is 21.1 Å². The third-order valence-corrected chi connectivity index (χ3v) is 3.54. The number of halogens is 1. The number of esters is 1. The Kier molecular flexibility index (Phi) is 7.29. The molecule has 5 nitrogen and oxygen atoms in total. The molecule has 0 spiro atoms. The molecule has 2 rings (SSSR count). The summed E-state index contributed by atoms with van der Waals surface area (Å²) in [5, 5.41) is 3.24. The van der Waals surface area contributed by atoms with Crippen molar-refractivity contribution in [3.8, 4) is 5.75 Å². The largest absolute Gasteiger partial charge is 0.484 e. The summed E-state index contributed by atoms with van der Waals surface area (Å²) in [4.78, 5) is 23.7. The highest BCUT2D eigenvalue weighted by molar-refractivity contribution is 6.30. The van der Waals surface area contributed by atoms with Gasteiger partial charge in [0.2, 0.25) is 0 Å². The van der Waals surface area contributed by atoms with Gasteiger partial charge in [-0.15, -0.1) is 0 Å². The fourth-order valence-corrected chi connectivity index (χ4v) is 2.17. The number of rotatable bonds is 8. The number of benzene rings is 2. The van der Waals surface area contributed by atoms with Crippen LogP contribution in [0.25, 0.3) is 0 Å². The molecule has 0 aromatic heterocycles. The van der Waals surface area contributed by atoms with E-state index in [1.54, 1.807) is 48.5 Å². The van der Waals surface area contributed by atoms with E-state index < -0.39 is 0 Å². The van der Waals surface area contributed by atoms with Crippen LogP contribution in [-0.2, 0) is 9.53 Å². The SMILES string of the molecule is CCCCOC(=O)c1ccc(NC(=O)COc2cccc(Cl)c2)cc1. The van der Waals surface area contributed by atoms with E-state index in [1.165, 1.54) is 0 Å². The molecule has 0 radical (unpaired) electrons. The molecule has 0 bridgehead atoms. The lowest BCUT2D eigenvalue weighted by Crippen LogP contribution is -2.20. The molecular weight excluding hydrogens is 342 g/mol. The number of carbonyl (C=O) groups is 2. The Balaban J connectivity index is 1.81. The fourth-order valence-electron chi connectivity index (χ4n) is 1.98. The molecule has 0 fully saturated rings. The lowest BCUT2D eigenvalue weighted by molar-refractivity contribution is -0.118. The number of unbranched alkanes of at least 4 members (excludes halogenated alkanes) is 1. The predicted molar refractivity (Wildman–Crippen MR) is 97.2 cm³/mol. The number of carbonyl (C=O) groups excluding carboxylic acids is 2. The van der Waals surface area contributed by atoms with E-state index in [2.05, 4.69) is 5.32 Å².